The van der Waals surface area contributed by atoms with Gasteiger partial charge in [0.1, 0.15) is 0 Å². The van der Waals surface area contributed by atoms with Crippen LogP contribution in [-0.4, -0.2) is 5.11 Å². The molecule has 2 rings (SSSR count). The summed E-state index contributed by atoms with van der Waals surface area (Å²) in [4.78, 5) is 0. The fraction of sp³-hybridized carbons (Fsp3) is 0.538. The molecule has 0 spiro atoms. The third kappa shape index (κ3) is 2.11. The van der Waals surface area contributed by atoms with Crippen LogP contribution in [0, 0.1) is 6.92 Å². The number of rotatable bonds is 1. The maximum atomic E-state index is 10.7. The quantitative estimate of drug-likeness (QED) is 0.819. The lowest BCUT2D eigenvalue weighted by Crippen LogP contribution is -2.29. The molecule has 0 bridgehead atoms. The van der Waals surface area contributed by atoms with Crippen molar-refractivity contribution >= 4 is 15.9 Å². The summed E-state index contributed by atoms with van der Waals surface area (Å²) in [5, 5.41) is 10.7. The van der Waals surface area contributed by atoms with Crippen molar-refractivity contribution in [2.75, 3.05) is 0 Å². The number of halogens is 1. The van der Waals surface area contributed by atoms with Gasteiger partial charge in [0, 0.05) is 10.0 Å². The topological polar surface area (TPSA) is 20.2 Å². The predicted octanol–water partition coefficient (Wildman–Crippen LogP) is 3.91. The molecule has 0 heterocycles. The van der Waals surface area contributed by atoms with Crippen molar-refractivity contribution in [3.05, 3.63) is 33.8 Å². The van der Waals surface area contributed by atoms with E-state index in [4.69, 9.17) is 0 Å². The van der Waals surface area contributed by atoms with Gasteiger partial charge >= 0.3 is 0 Å². The Bertz CT molecular complexity index is 333. The summed E-state index contributed by atoms with van der Waals surface area (Å²) in [5.41, 5.74) is 1.70. The molecule has 1 aliphatic rings. The molecule has 0 radical (unpaired) electrons. The molecule has 1 nitrogen and oxygen atoms in total. The highest BCUT2D eigenvalue weighted by Gasteiger charge is 2.33. The molecule has 0 aromatic heterocycles. The zero-order chi connectivity index (χ0) is 10.9. The molecule has 0 amide bonds. The molecule has 0 aliphatic heterocycles. The number of hydrogen-bond donors (Lipinski definition) is 1. The number of hydrogen-bond acceptors (Lipinski definition) is 1. The third-order valence-electron chi connectivity index (χ3n) is 3.37. The van der Waals surface area contributed by atoms with Gasteiger partial charge in [-0.05, 0) is 31.4 Å². The van der Waals surface area contributed by atoms with E-state index in [2.05, 4.69) is 28.9 Å². The molecule has 15 heavy (non-hydrogen) atoms. The van der Waals surface area contributed by atoms with E-state index in [9.17, 15) is 5.11 Å². The average molecular weight is 269 g/mol. The number of aliphatic hydroxyl groups is 1. The predicted molar refractivity (Wildman–Crippen MR) is 65.9 cm³/mol. The first kappa shape index (κ1) is 11.2. The summed E-state index contributed by atoms with van der Waals surface area (Å²) in [6.07, 6.45) is 5.33. The summed E-state index contributed by atoms with van der Waals surface area (Å²) < 4.78 is 1.05. The Morgan fingerprint density at radius 1 is 1.20 bits per heavy atom. The smallest absolute Gasteiger partial charge is 0.0910 e. The second-order valence-corrected chi connectivity index (χ2v) is 5.38. The van der Waals surface area contributed by atoms with Gasteiger partial charge in [0.15, 0.2) is 0 Å². The average Bonchev–Trinajstić information content (AvgIpc) is 2.18. The second-order valence-electron chi connectivity index (χ2n) is 4.52. The van der Waals surface area contributed by atoms with Gasteiger partial charge in [0.25, 0.3) is 0 Å². The van der Waals surface area contributed by atoms with Gasteiger partial charge in [-0.3, -0.25) is 0 Å². The molecular weight excluding hydrogens is 252 g/mol. The third-order valence-corrected chi connectivity index (χ3v) is 4.03. The van der Waals surface area contributed by atoms with Gasteiger partial charge in [-0.2, -0.15) is 0 Å². The van der Waals surface area contributed by atoms with Crippen LogP contribution in [0.3, 0.4) is 0 Å². The van der Waals surface area contributed by atoms with E-state index in [-0.39, 0.29) is 0 Å². The lowest BCUT2D eigenvalue weighted by Gasteiger charge is -2.34. The van der Waals surface area contributed by atoms with Gasteiger partial charge < -0.3 is 5.11 Å². The highest BCUT2D eigenvalue weighted by atomic mass is 79.9. The minimum Gasteiger partial charge on any atom is -0.385 e. The van der Waals surface area contributed by atoms with Gasteiger partial charge in [-0.25, -0.2) is 0 Å². The van der Waals surface area contributed by atoms with Crippen molar-refractivity contribution in [1.82, 2.24) is 0 Å². The van der Waals surface area contributed by atoms with Crippen LogP contribution in [-0.2, 0) is 5.60 Å². The molecule has 0 saturated heterocycles. The van der Waals surface area contributed by atoms with Crippen LogP contribution in [0.15, 0.2) is 22.7 Å². The normalized spacial score (nSPS) is 20.2. The molecule has 2 heteroatoms. The molecule has 1 aliphatic carbocycles. The van der Waals surface area contributed by atoms with Crippen molar-refractivity contribution in [2.24, 2.45) is 0 Å². The van der Waals surface area contributed by atoms with Crippen LogP contribution in [0.1, 0.15) is 43.2 Å². The summed E-state index contributed by atoms with van der Waals surface area (Å²) in [6, 6.07) is 6.12. The Hall–Kier alpha value is -0.340. The van der Waals surface area contributed by atoms with Crippen molar-refractivity contribution in [3.63, 3.8) is 0 Å². The van der Waals surface area contributed by atoms with Crippen LogP contribution in [0.2, 0.25) is 0 Å². The first-order chi connectivity index (χ1) is 7.13. The van der Waals surface area contributed by atoms with E-state index in [1.165, 1.54) is 12.0 Å². The summed E-state index contributed by atoms with van der Waals surface area (Å²) in [6.45, 7) is 2.08. The van der Waals surface area contributed by atoms with E-state index >= 15 is 0 Å². The van der Waals surface area contributed by atoms with Gasteiger partial charge in [0.2, 0.25) is 0 Å². The Labute approximate surface area is 99.6 Å². The molecule has 1 aromatic rings. The van der Waals surface area contributed by atoms with Gasteiger partial charge in [-0.15, -0.1) is 0 Å². The van der Waals surface area contributed by atoms with Gasteiger partial charge in [0.05, 0.1) is 5.60 Å². The minimum absolute atomic E-state index is 0.595. The Kier molecular flexibility index (Phi) is 3.17. The fourth-order valence-electron chi connectivity index (χ4n) is 2.61. The van der Waals surface area contributed by atoms with Crippen LogP contribution in [0.25, 0.3) is 0 Å². The lowest BCUT2D eigenvalue weighted by atomic mass is 9.78. The minimum atomic E-state index is -0.595. The van der Waals surface area contributed by atoms with Crippen molar-refractivity contribution in [1.29, 1.82) is 0 Å². The van der Waals surface area contributed by atoms with E-state index in [1.807, 2.05) is 12.1 Å². The zero-order valence-corrected chi connectivity index (χ0v) is 10.7. The van der Waals surface area contributed by atoms with E-state index in [0.29, 0.717) is 0 Å². The van der Waals surface area contributed by atoms with Crippen LogP contribution in [0.4, 0.5) is 0 Å². The second kappa shape index (κ2) is 4.26. The first-order valence-electron chi connectivity index (χ1n) is 5.61. The molecule has 1 fully saturated rings. The monoisotopic (exact) mass is 268 g/mol. The standard InChI is InChI=1S/C13H17BrO/c1-10-6-5-7-11(14)12(10)13(15)8-3-2-4-9-13/h5-7,15H,2-4,8-9H2,1H3. The van der Waals surface area contributed by atoms with Crippen LogP contribution in [0.5, 0.6) is 0 Å². The maximum absolute atomic E-state index is 10.7. The highest BCUT2D eigenvalue weighted by molar-refractivity contribution is 9.10. The van der Waals surface area contributed by atoms with Crippen molar-refractivity contribution < 1.29 is 5.11 Å². The Morgan fingerprint density at radius 3 is 2.47 bits per heavy atom. The Morgan fingerprint density at radius 2 is 1.87 bits per heavy atom. The van der Waals surface area contributed by atoms with E-state index in [0.717, 1.165) is 35.7 Å². The summed E-state index contributed by atoms with van der Waals surface area (Å²) in [5.74, 6) is 0. The number of benzene rings is 1. The molecular formula is C13H17BrO. The molecule has 1 saturated carbocycles. The van der Waals surface area contributed by atoms with Crippen LogP contribution >= 0.6 is 15.9 Å². The Balaban J connectivity index is 2.42. The van der Waals surface area contributed by atoms with E-state index < -0.39 is 5.60 Å². The van der Waals surface area contributed by atoms with Gasteiger partial charge in [-0.1, -0.05) is 47.3 Å². The maximum Gasteiger partial charge on any atom is 0.0910 e. The lowest BCUT2D eigenvalue weighted by molar-refractivity contribution is -0.00183. The molecule has 0 unspecified atom stereocenters. The largest absolute Gasteiger partial charge is 0.385 e. The molecule has 0 atom stereocenters. The fourth-order valence-corrected chi connectivity index (χ4v) is 3.44. The SMILES string of the molecule is Cc1cccc(Br)c1C1(O)CCCCC1. The summed E-state index contributed by atoms with van der Waals surface area (Å²) >= 11 is 3.56. The highest BCUT2D eigenvalue weighted by Crippen LogP contribution is 2.41. The summed E-state index contributed by atoms with van der Waals surface area (Å²) in [7, 11) is 0. The molecule has 1 aromatic carbocycles. The van der Waals surface area contributed by atoms with E-state index in [1.54, 1.807) is 0 Å². The number of aryl methyl sites for hydroxylation is 1. The van der Waals surface area contributed by atoms with Crippen LogP contribution < -0.4 is 0 Å². The first-order valence-corrected chi connectivity index (χ1v) is 6.41. The zero-order valence-electron chi connectivity index (χ0n) is 9.09. The van der Waals surface area contributed by atoms with Crippen molar-refractivity contribution in [3.8, 4) is 0 Å². The molecule has 82 valence electrons. The molecule has 1 N–H and O–H groups in total. The van der Waals surface area contributed by atoms with Crippen molar-refractivity contribution in [2.45, 2.75) is 44.6 Å².